The van der Waals surface area contributed by atoms with Gasteiger partial charge in [0.05, 0.1) is 18.4 Å². The van der Waals surface area contributed by atoms with Gasteiger partial charge in [-0.3, -0.25) is 0 Å². The van der Waals surface area contributed by atoms with Crippen molar-refractivity contribution in [1.82, 2.24) is 10.2 Å². The highest BCUT2D eigenvalue weighted by atomic mass is 19.4. The van der Waals surface area contributed by atoms with Crippen LogP contribution in [0.3, 0.4) is 0 Å². The monoisotopic (exact) mass is 330 g/mol. The van der Waals surface area contributed by atoms with E-state index in [0.717, 1.165) is 6.07 Å². The van der Waals surface area contributed by atoms with Gasteiger partial charge in [-0.05, 0) is 30.3 Å². The highest BCUT2D eigenvalue weighted by Gasteiger charge is 2.35. The van der Waals surface area contributed by atoms with Gasteiger partial charge < -0.3 is 4.74 Å². The van der Waals surface area contributed by atoms with Crippen LogP contribution in [0, 0.1) is 0 Å². The van der Waals surface area contributed by atoms with E-state index < -0.39 is 11.7 Å². The number of ether oxygens (including phenoxy) is 1. The average Bonchev–Trinajstić information content (AvgIpc) is 2.61. The minimum absolute atomic E-state index is 0.181. The Morgan fingerprint density at radius 2 is 1.50 bits per heavy atom. The van der Waals surface area contributed by atoms with Gasteiger partial charge in [-0.2, -0.15) is 13.2 Å². The van der Waals surface area contributed by atoms with Crippen molar-refractivity contribution < 1.29 is 17.9 Å². The summed E-state index contributed by atoms with van der Waals surface area (Å²) in [6, 6.07) is 15.9. The molecular formula is C18H13F3N2O. The van der Waals surface area contributed by atoms with Crippen LogP contribution in [-0.4, -0.2) is 17.3 Å². The molecule has 0 unspecified atom stereocenters. The van der Waals surface area contributed by atoms with Gasteiger partial charge in [-0.25, -0.2) is 0 Å². The largest absolute Gasteiger partial charge is 0.497 e. The summed E-state index contributed by atoms with van der Waals surface area (Å²) in [5.41, 5.74) is 0.0681. The maximum absolute atomic E-state index is 13.5. The minimum atomic E-state index is -4.53. The van der Waals surface area contributed by atoms with E-state index >= 15 is 0 Å². The Bertz CT molecular complexity index is 831. The molecule has 1 aromatic heterocycles. The van der Waals surface area contributed by atoms with Crippen LogP contribution in [0.25, 0.3) is 22.5 Å². The van der Waals surface area contributed by atoms with E-state index in [4.69, 9.17) is 4.74 Å². The summed E-state index contributed by atoms with van der Waals surface area (Å²) >= 11 is 0. The first-order valence-electron chi connectivity index (χ1n) is 7.14. The van der Waals surface area contributed by atoms with Crippen molar-refractivity contribution in [3.8, 4) is 28.3 Å². The minimum Gasteiger partial charge on any atom is -0.497 e. The van der Waals surface area contributed by atoms with Crippen molar-refractivity contribution in [2.75, 3.05) is 7.11 Å². The third kappa shape index (κ3) is 3.22. The van der Waals surface area contributed by atoms with Gasteiger partial charge in [0.15, 0.2) is 0 Å². The molecule has 0 radical (unpaired) electrons. The van der Waals surface area contributed by atoms with Crippen LogP contribution >= 0.6 is 0 Å². The fraction of sp³-hybridized carbons (Fsp3) is 0.111. The van der Waals surface area contributed by atoms with Crippen molar-refractivity contribution >= 4 is 0 Å². The molecule has 3 aromatic rings. The standard InChI is InChI=1S/C18H13F3N2O/c1-24-14-9-7-13(8-10-14)17-15(18(19,20)21)11-16(22-23-17)12-5-3-2-4-6-12/h2-11H,1H3. The van der Waals surface area contributed by atoms with Crippen LogP contribution in [0.5, 0.6) is 5.75 Å². The normalized spacial score (nSPS) is 11.3. The first kappa shape index (κ1) is 16.0. The molecule has 0 fully saturated rings. The van der Waals surface area contributed by atoms with Crippen LogP contribution in [0.2, 0.25) is 0 Å². The molecule has 0 N–H and O–H groups in total. The van der Waals surface area contributed by atoms with E-state index in [-0.39, 0.29) is 11.4 Å². The average molecular weight is 330 g/mol. The molecule has 0 amide bonds. The summed E-state index contributed by atoms with van der Waals surface area (Å²) in [5, 5.41) is 7.80. The lowest BCUT2D eigenvalue weighted by molar-refractivity contribution is -0.137. The van der Waals surface area contributed by atoms with Crippen LogP contribution in [0.4, 0.5) is 13.2 Å². The van der Waals surface area contributed by atoms with E-state index in [1.54, 1.807) is 42.5 Å². The Morgan fingerprint density at radius 3 is 2.08 bits per heavy atom. The highest BCUT2D eigenvalue weighted by Crippen LogP contribution is 2.37. The molecule has 1 heterocycles. The van der Waals surface area contributed by atoms with Gasteiger partial charge >= 0.3 is 6.18 Å². The molecule has 0 spiro atoms. The second-order valence-corrected chi connectivity index (χ2v) is 5.08. The maximum atomic E-state index is 13.5. The molecule has 0 atom stereocenters. The molecule has 122 valence electrons. The number of hydrogen-bond donors (Lipinski definition) is 0. The Balaban J connectivity index is 2.12. The Morgan fingerprint density at radius 1 is 0.833 bits per heavy atom. The second-order valence-electron chi connectivity index (χ2n) is 5.08. The zero-order valence-electron chi connectivity index (χ0n) is 12.7. The first-order chi connectivity index (χ1) is 11.5. The molecule has 2 aromatic carbocycles. The maximum Gasteiger partial charge on any atom is 0.418 e. The van der Waals surface area contributed by atoms with Gasteiger partial charge in [-0.1, -0.05) is 30.3 Å². The smallest absolute Gasteiger partial charge is 0.418 e. The van der Waals surface area contributed by atoms with Gasteiger partial charge in [-0.15, -0.1) is 10.2 Å². The zero-order valence-corrected chi connectivity index (χ0v) is 12.7. The number of methoxy groups -OCH3 is 1. The van der Waals surface area contributed by atoms with Gasteiger partial charge in [0.1, 0.15) is 11.4 Å². The van der Waals surface area contributed by atoms with Crippen molar-refractivity contribution in [1.29, 1.82) is 0 Å². The summed E-state index contributed by atoms with van der Waals surface area (Å²) in [6.07, 6.45) is -4.53. The fourth-order valence-corrected chi connectivity index (χ4v) is 2.32. The second kappa shape index (κ2) is 6.31. The lowest BCUT2D eigenvalue weighted by atomic mass is 10.0. The topological polar surface area (TPSA) is 35.0 Å². The molecule has 0 bridgehead atoms. The molecule has 0 saturated heterocycles. The van der Waals surface area contributed by atoms with Gasteiger partial charge in [0, 0.05) is 11.1 Å². The molecule has 0 aliphatic heterocycles. The molecule has 3 nitrogen and oxygen atoms in total. The summed E-state index contributed by atoms with van der Waals surface area (Å²) in [7, 11) is 1.49. The summed E-state index contributed by atoms with van der Waals surface area (Å²) in [4.78, 5) is 0. The van der Waals surface area contributed by atoms with E-state index in [1.807, 2.05) is 0 Å². The van der Waals surface area contributed by atoms with E-state index in [1.165, 1.54) is 19.2 Å². The van der Waals surface area contributed by atoms with Gasteiger partial charge in [0.2, 0.25) is 0 Å². The van der Waals surface area contributed by atoms with Crippen molar-refractivity contribution in [2.24, 2.45) is 0 Å². The molecule has 24 heavy (non-hydrogen) atoms. The summed E-state index contributed by atoms with van der Waals surface area (Å²) < 4.78 is 45.5. The van der Waals surface area contributed by atoms with Crippen LogP contribution in [0.15, 0.2) is 60.7 Å². The van der Waals surface area contributed by atoms with Gasteiger partial charge in [0.25, 0.3) is 0 Å². The summed E-state index contributed by atoms with van der Waals surface area (Å²) in [6.45, 7) is 0. The predicted molar refractivity (Wildman–Crippen MR) is 84.5 cm³/mol. The molecule has 6 heteroatoms. The molecule has 0 aliphatic carbocycles. The number of nitrogens with zero attached hydrogens (tertiary/aromatic N) is 2. The number of rotatable bonds is 3. The Labute approximate surface area is 136 Å². The molecule has 0 aliphatic rings. The Kier molecular flexibility index (Phi) is 4.20. The fourth-order valence-electron chi connectivity index (χ4n) is 2.32. The zero-order chi connectivity index (χ0) is 17.2. The lowest BCUT2D eigenvalue weighted by Crippen LogP contribution is -2.10. The third-order valence-electron chi connectivity index (χ3n) is 3.53. The van der Waals surface area contributed by atoms with Crippen molar-refractivity contribution in [3.63, 3.8) is 0 Å². The van der Waals surface area contributed by atoms with Crippen molar-refractivity contribution in [2.45, 2.75) is 6.18 Å². The first-order valence-corrected chi connectivity index (χ1v) is 7.14. The third-order valence-corrected chi connectivity index (χ3v) is 3.53. The molecule has 0 saturated carbocycles. The highest BCUT2D eigenvalue weighted by molar-refractivity contribution is 5.68. The van der Waals surface area contributed by atoms with Crippen molar-refractivity contribution in [3.05, 3.63) is 66.2 Å². The van der Waals surface area contributed by atoms with E-state index in [2.05, 4.69) is 10.2 Å². The number of halogens is 3. The van der Waals surface area contributed by atoms with Crippen LogP contribution in [-0.2, 0) is 6.18 Å². The quantitative estimate of drug-likeness (QED) is 0.689. The number of benzene rings is 2. The molecular weight excluding hydrogens is 317 g/mol. The SMILES string of the molecule is COc1ccc(-c2nnc(-c3ccccc3)cc2C(F)(F)F)cc1. The van der Waals surface area contributed by atoms with Crippen LogP contribution in [0.1, 0.15) is 5.56 Å². The summed E-state index contributed by atoms with van der Waals surface area (Å²) in [5.74, 6) is 0.557. The number of aromatic nitrogens is 2. The molecule has 3 rings (SSSR count). The number of alkyl halides is 3. The van der Waals surface area contributed by atoms with E-state index in [0.29, 0.717) is 16.9 Å². The Hall–Kier alpha value is -2.89. The number of hydrogen-bond acceptors (Lipinski definition) is 3. The van der Waals surface area contributed by atoms with E-state index in [9.17, 15) is 13.2 Å². The van der Waals surface area contributed by atoms with Crippen LogP contribution < -0.4 is 4.74 Å². The lowest BCUT2D eigenvalue weighted by Gasteiger charge is -2.13. The predicted octanol–water partition coefficient (Wildman–Crippen LogP) is 4.84.